The largest absolute Gasteiger partial charge is 0.393 e. The van der Waals surface area contributed by atoms with Gasteiger partial charge in [0.25, 0.3) is 0 Å². The summed E-state index contributed by atoms with van der Waals surface area (Å²) in [6, 6.07) is 0. The number of rotatable bonds is 7. The lowest BCUT2D eigenvalue weighted by molar-refractivity contribution is -0.160. The van der Waals surface area contributed by atoms with Crippen molar-refractivity contribution in [2.24, 2.45) is 46.3 Å². The fourth-order valence-corrected chi connectivity index (χ4v) is 9.38. The summed E-state index contributed by atoms with van der Waals surface area (Å²) in [5.74, 6) is 2.70. The third-order valence-electron chi connectivity index (χ3n) is 10.8. The van der Waals surface area contributed by atoms with E-state index in [0.717, 1.165) is 51.4 Å². The number of amides is 1. The highest BCUT2D eigenvalue weighted by Gasteiger charge is 2.62. The van der Waals surface area contributed by atoms with Crippen molar-refractivity contribution in [3.05, 3.63) is 0 Å². The van der Waals surface area contributed by atoms with Crippen LogP contribution in [0.3, 0.4) is 0 Å². The van der Waals surface area contributed by atoms with Gasteiger partial charge in [-0.2, -0.15) is 0 Å². The molecule has 2 N–H and O–H groups in total. The van der Waals surface area contributed by atoms with Crippen LogP contribution in [-0.4, -0.2) is 49.9 Å². The predicted octanol–water partition coefficient (Wildman–Crippen LogP) is 3.76. The van der Waals surface area contributed by atoms with Crippen molar-refractivity contribution >= 4 is 21.5 Å². The zero-order valence-electron chi connectivity index (χ0n) is 21.5. The molecule has 34 heavy (non-hydrogen) atoms. The fraction of sp³-hybridized carbons (Fsp3) is 0.926. The standard InChI is InChI=1S/C27H45NO5S/c1-17(5-8-24(31)28-13-14-34(4,32)33)20-6-7-21-25-22(10-12-27(20,21)3)26(2)11-9-19(29)15-18(26)16-23(25)30/h17-22,25,29H,5-16H2,1-4H3,(H,28,31)/t17-,18?,19-,20-,21?,22?,25?,26+,27-/m1/s1. The average Bonchev–Trinajstić information content (AvgIpc) is 3.09. The first-order valence-electron chi connectivity index (χ1n) is 13.5. The Balaban J connectivity index is 1.39. The maximum Gasteiger partial charge on any atom is 0.220 e. The molecule has 4 rings (SSSR count). The number of aliphatic hydroxyl groups excluding tert-OH is 1. The number of nitrogens with one attached hydrogen (secondary N) is 1. The Bertz CT molecular complexity index is 903. The lowest BCUT2D eigenvalue weighted by atomic mass is 9.44. The van der Waals surface area contributed by atoms with Crippen molar-refractivity contribution in [1.82, 2.24) is 5.32 Å². The first-order valence-corrected chi connectivity index (χ1v) is 15.6. The zero-order chi connectivity index (χ0) is 24.9. The van der Waals surface area contributed by atoms with Crippen molar-refractivity contribution in [3.63, 3.8) is 0 Å². The van der Waals surface area contributed by atoms with Gasteiger partial charge in [-0.1, -0.05) is 20.8 Å². The van der Waals surface area contributed by atoms with Crippen molar-refractivity contribution < 1.29 is 23.1 Å². The van der Waals surface area contributed by atoms with E-state index in [1.165, 1.54) is 6.26 Å². The van der Waals surface area contributed by atoms with E-state index in [0.29, 0.717) is 48.2 Å². The molecule has 0 aromatic carbocycles. The highest BCUT2D eigenvalue weighted by molar-refractivity contribution is 7.90. The maximum absolute atomic E-state index is 13.5. The molecule has 0 aromatic rings. The van der Waals surface area contributed by atoms with E-state index in [1.807, 2.05) is 0 Å². The molecule has 4 saturated carbocycles. The van der Waals surface area contributed by atoms with Crippen LogP contribution in [0.4, 0.5) is 0 Å². The Hall–Kier alpha value is -0.950. The summed E-state index contributed by atoms with van der Waals surface area (Å²) in [6.45, 7) is 7.27. The summed E-state index contributed by atoms with van der Waals surface area (Å²) in [4.78, 5) is 25.8. The highest BCUT2D eigenvalue weighted by atomic mass is 32.2. The fourth-order valence-electron chi connectivity index (χ4n) is 8.91. The number of ketones is 1. The second-order valence-electron chi connectivity index (χ2n) is 12.8. The number of sulfone groups is 1. The van der Waals surface area contributed by atoms with Crippen LogP contribution in [0.5, 0.6) is 0 Å². The van der Waals surface area contributed by atoms with Crippen LogP contribution in [0, 0.1) is 46.3 Å². The Labute approximate surface area is 205 Å². The van der Waals surface area contributed by atoms with Gasteiger partial charge in [0.2, 0.25) is 5.91 Å². The van der Waals surface area contributed by atoms with Crippen LogP contribution < -0.4 is 5.32 Å². The Morgan fingerprint density at radius 2 is 1.79 bits per heavy atom. The monoisotopic (exact) mass is 495 g/mol. The van der Waals surface area contributed by atoms with Crippen molar-refractivity contribution in [3.8, 4) is 0 Å². The molecule has 6 nitrogen and oxygen atoms in total. The molecule has 0 saturated heterocycles. The molecule has 0 spiro atoms. The maximum atomic E-state index is 13.5. The lowest BCUT2D eigenvalue weighted by Gasteiger charge is -2.60. The number of carbonyl (C=O) groups excluding carboxylic acids is 2. The summed E-state index contributed by atoms with van der Waals surface area (Å²) in [5, 5.41) is 13.0. The highest BCUT2D eigenvalue weighted by Crippen LogP contribution is 2.67. The second-order valence-corrected chi connectivity index (χ2v) is 15.0. The van der Waals surface area contributed by atoms with Gasteiger partial charge >= 0.3 is 0 Å². The molecule has 194 valence electrons. The minimum Gasteiger partial charge on any atom is -0.393 e. The molecule has 4 aliphatic rings. The Kier molecular flexibility index (Phi) is 7.29. The lowest BCUT2D eigenvalue weighted by Crippen LogP contribution is -2.57. The van der Waals surface area contributed by atoms with Gasteiger partial charge in [0, 0.05) is 31.6 Å². The zero-order valence-corrected chi connectivity index (χ0v) is 22.3. The van der Waals surface area contributed by atoms with Crippen molar-refractivity contribution in [2.75, 3.05) is 18.6 Å². The smallest absolute Gasteiger partial charge is 0.220 e. The third kappa shape index (κ3) is 4.85. The summed E-state index contributed by atoms with van der Waals surface area (Å²) in [7, 11) is -3.07. The molecule has 0 radical (unpaired) electrons. The normalized spacial score (nSPS) is 42.9. The number of aliphatic hydroxyl groups is 1. The van der Waals surface area contributed by atoms with E-state index >= 15 is 0 Å². The summed E-state index contributed by atoms with van der Waals surface area (Å²) >= 11 is 0. The van der Waals surface area contributed by atoms with E-state index in [-0.39, 0.29) is 41.1 Å². The molecule has 0 aromatic heterocycles. The summed E-state index contributed by atoms with van der Waals surface area (Å²) in [5.41, 5.74) is 0.341. The first-order chi connectivity index (χ1) is 15.8. The van der Waals surface area contributed by atoms with Gasteiger partial charge in [0.1, 0.15) is 15.6 Å². The molecule has 0 aliphatic heterocycles. The van der Waals surface area contributed by atoms with E-state index < -0.39 is 9.84 Å². The van der Waals surface area contributed by atoms with Gasteiger partial charge in [-0.25, -0.2) is 8.42 Å². The van der Waals surface area contributed by atoms with E-state index in [2.05, 4.69) is 26.1 Å². The molecule has 1 amide bonds. The number of hydrogen-bond donors (Lipinski definition) is 2. The van der Waals surface area contributed by atoms with Gasteiger partial charge in [0.15, 0.2) is 0 Å². The van der Waals surface area contributed by atoms with Crippen molar-refractivity contribution in [1.29, 1.82) is 0 Å². The average molecular weight is 496 g/mol. The van der Waals surface area contributed by atoms with Crippen LogP contribution in [0.15, 0.2) is 0 Å². The van der Waals surface area contributed by atoms with Crippen molar-refractivity contribution in [2.45, 2.75) is 91.1 Å². The molecule has 0 heterocycles. The topological polar surface area (TPSA) is 101 Å². The molecule has 4 fully saturated rings. The Morgan fingerprint density at radius 1 is 1.12 bits per heavy atom. The van der Waals surface area contributed by atoms with Crippen LogP contribution >= 0.6 is 0 Å². The third-order valence-corrected chi connectivity index (χ3v) is 11.8. The summed E-state index contributed by atoms with van der Waals surface area (Å²) in [6.07, 6.45) is 10.0. The van der Waals surface area contributed by atoms with E-state index in [1.54, 1.807) is 0 Å². The van der Waals surface area contributed by atoms with Gasteiger partial charge in [-0.3, -0.25) is 9.59 Å². The number of fused-ring (bicyclic) bond motifs is 5. The van der Waals surface area contributed by atoms with Crippen LogP contribution in [0.2, 0.25) is 0 Å². The minimum absolute atomic E-state index is 0.0218. The molecular formula is C27H45NO5S. The molecular weight excluding hydrogens is 450 g/mol. The van der Waals surface area contributed by atoms with Crippen LogP contribution in [-0.2, 0) is 19.4 Å². The molecule has 9 atom stereocenters. The molecule has 7 heteroatoms. The van der Waals surface area contributed by atoms with Gasteiger partial charge in [-0.05, 0) is 91.8 Å². The number of carbonyl (C=O) groups is 2. The predicted molar refractivity (Wildman–Crippen MR) is 133 cm³/mol. The first kappa shape index (κ1) is 26.1. The number of hydrogen-bond acceptors (Lipinski definition) is 5. The quantitative estimate of drug-likeness (QED) is 0.560. The van der Waals surface area contributed by atoms with E-state index in [4.69, 9.17) is 0 Å². The molecule has 4 aliphatic carbocycles. The molecule has 4 unspecified atom stereocenters. The molecule has 0 bridgehead atoms. The summed E-state index contributed by atoms with van der Waals surface area (Å²) < 4.78 is 22.5. The minimum atomic E-state index is -3.07. The number of Topliss-reactive ketones (excluding diaryl/α,β-unsaturated/α-hetero) is 1. The SMILES string of the molecule is C[C@H](CCC(=O)NCCS(C)(=O)=O)[C@H]1CCC2C3C(=O)CC4C[C@H](O)CC[C@]4(C)C3CC[C@@]21C. The second kappa shape index (κ2) is 9.49. The van der Waals surface area contributed by atoms with Crippen LogP contribution in [0.1, 0.15) is 85.0 Å². The van der Waals surface area contributed by atoms with E-state index in [9.17, 15) is 23.1 Å². The van der Waals surface area contributed by atoms with Gasteiger partial charge in [-0.15, -0.1) is 0 Å². The Morgan fingerprint density at radius 3 is 2.50 bits per heavy atom. The van der Waals surface area contributed by atoms with Crippen LogP contribution in [0.25, 0.3) is 0 Å². The van der Waals surface area contributed by atoms with Gasteiger partial charge < -0.3 is 10.4 Å². The van der Waals surface area contributed by atoms with Gasteiger partial charge in [0.05, 0.1) is 11.9 Å².